The molecule has 0 aromatic heterocycles. The Bertz CT molecular complexity index is 957. The van der Waals surface area contributed by atoms with Gasteiger partial charge in [-0.2, -0.15) is 0 Å². The molecule has 0 N–H and O–H groups in total. The van der Waals surface area contributed by atoms with Crippen LogP contribution in [0.3, 0.4) is 0 Å². The number of thiocarbonyl (C=S) groups is 1. The molecule has 28 heavy (non-hydrogen) atoms. The molecule has 7 heteroatoms. The van der Waals surface area contributed by atoms with Gasteiger partial charge in [0.1, 0.15) is 12.3 Å². The molecular weight excluding hydrogens is 440 g/mol. The van der Waals surface area contributed by atoms with Gasteiger partial charge in [-0.3, -0.25) is 9.69 Å². The normalized spacial score (nSPS) is 15.5. The molecule has 0 radical (unpaired) electrons. The molecule has 2 aromatic rings. The lowest BCUT2D eigenvalue weighted by Gasteiger charge is -2.14. The second kappa shape index (κ2) is 8.32. The van der Waals surface area contributed by atoms with Gasteiger partial charge in [-0.05, 0) is 48.5 Å². The van der Waals surface area contributed by atoms with Crippen molar-refractivity contribution in [3.63, 3.8) is 0 Å². The Morgan fingerprint density at radius 1 is 1.11 bits per heavy atom. The van der Waals surface area contributed by atoms with Crippen LogP contribution in [0.15, 0.2) is 46.6 Å². The van der Waals surface area contributed by atoms with Crippen molar-refractivity contribution in [3.8, 4) is 11.5 Å². The van der Waals surface area contributed by atoms with Crippen LogP contribution in [-0.2, 0) is 11.4 Å². The molecule has 5 nitrogen and oxygen atoms in total. The van der Waals surface area contributed by atoms with E-state index in [4.69, 9.17) is 21.7 Å². The summed E-state index contributed by atoms with van der Waals surface area (Å²) in [6.45, 7) is 2.48. The van der Waals surface area contributed by atoms with Gasteiger partial charge < -0.3 is 14.4 Å². The van der Waals surface area contributed by atoms with Gasteiger partial charge in [-0.15, -0.1) is 0 Å². The molecule has 0 saturated carbocycles. The number of aryl methyl sites for hydroxylation is 1. The fourth-order valence-corrected chi connectivity index (χ4v) is 3.43. The first-order valence-corrected chi connectivity index (χ1v) is 9.85. The van der Waals surface area contributed by atoms with Crippen molar-refractivity contribution in [1.29, 1.82) is 0 Å². The average molecular weight is 461 g/mol. The van der Waals surface area contributed by atoms with Crippen LogP contribution >= 0.6 is 28.1 Å². The third kappa shape index (κ3) is 4.05. The first-order valence-electron chi connectivity index (χ1n) is 8.65. The van der Waals surface area contributed by atoms with Gasteiger partial charge in [0.15, 0.2) is 16.6 Å². The summed E-state index contributed by atoms with van der Waals surface area (Å²) in [5.74, 6) is 1.07. The lowest BCUT2D eigenvalue weighted by atomic mass is 10.1. The smallest absolute Gasteiger partial charge is 0.276 e. The number of nitrogens with zero attached hydrogens (tertiary/aromatic N) is 2. The number of rotatable bonds is 5. The van der Waals surface area contributed by atoms with Crippen LogP contribution < -0.4 is 9.47 Å². The highest BCUT2D eigenvalue weighted by atomic mass is 79.9. The first-order chi connectivity index (χ1) is 13.3. The summed E-state index contributed by atoms with van der Waals surface area (Å²) < 4.78 is 12.2. The number of ether oxygens (including phenoxy) is 2. The molecule has 1 amide bonds. The summed E-state index contributed by atoms with van der Waals surface area (Å²) in [6.07, 6.45) is 1.79. The van der Waals surface area contributed by atoms with Gasteiger partial charge in [0.05, 0.1) is 7.11 Å². The quantitative estimate of drug-likeness (QED) is 0.489. The van der Waals surface area contributed by atoms with Crippen molar-refractivity contribution in [2.45, 2.75) is 13.5 Å². The Hall–Kier alpha value is -2.38. The molecule has 0 aliphatic carbocycles. The Labute approximate surface area is 178 Å². The fraction of sp³-hybridized carbons (Fsp3) is 0.238. The van der Waals surface area contributed by atoms with Crippen molar-refractivity contribution in [3.05, 3.63) is 63.3 Å². The highest BCUT2D eigenvalue weighted by Gasteiger charge is 2.32. The van der Waals surface area contributed by atoms with E-state index in [9.17, 15) is 4.79 Å². The van der Waals surface area contributed by atoms with E-state index in [0.29, 0.717) is 28.9 Å². The zero-order chi connectivity index (χ0) is 20.4. The number of likely N-dealkylation sites (N-methyl/N-ethyl adjacent to an activating group) is 2. The van der Waals surface area contributed by atoms with E-state index >= 15 is 0 Å². The van der Waals surface area contributed by atoms with Gasteiger partial charge in [-0.1, -0.05) is 45.8 Å². The van der Waals surface area contributed by atoms with Crippen LogP contribution in [0.1, 0.15) is 16.7 Å². The SMILES string of the molecule is COc1cc(/C=C2/C(=O)N(C)C(=S)N2C)c(Br)cc1OCc1ccc(C)cc1. The maximum Gasteiger partial charge on any atom is 0.276 e. The van der Waals surface area contributed by atoms with Crippen molar-refractivity contribution in [1.82, 2.24) is 9.80 Å². The predicted molar refractivity (Wildman–Crippen MR) is 117 cm³/mol. The van der Waals surface area contributed by atoms with Crippen LogP contribution in [0, 0.1) is 6.92 Å². The summed E-state index contributed by atoms with van der Waals surface area (Å²) in [5.41, 5.74) is 3.58. The Morgan fingerprint density at radius 3 is 2.36 bits per heavy atom. The lowest BCUT2D eigenvalue weighted by Crippen LogP contribution is -2.26. The average Bonchev–Trinajstić information content (AvgIpc) is 2.86. The van der Waals surface area contributed by atoms with Crippen molar-refractivity contribution >= 4 is 45.2 Å². The number of halogens is 1. The fourth-order valence-electron chi connectivity index (χ4n) is 2.82. The summed E-state index contributed by atoms with van der Waals surface area (Å²) >= 11 is 8.83. The number of amides is 1. The highest BCUT2D eigenvalue weighted by molar-refractivity contribution is 9.10. The van der Waals surface area contributed by atoms with Crippen LogP contribution in [-0.4, -0.2) is 42.0 Å². The highest BCUT2D eigenvalue weighted by Crippen LogP contribution is 2.36. The van der Waals surface area contributed by atoms with Crippen molar-refractivity contribution in [2.24, 2.45) is 0 Å². The minimum absolute atomic E-state index is 0.141. The van der Waals surface area contributed by atoms with Crippen LogP contribution in [0.4, 0.5) is 0 Å². The Kier molecular flexibility index (Phi) is 6.05. The zero-order valence-electron chi connectivity index (χ0n) is 16.2. The van der Waals surface area contributed by atoms with Gasteiger partial charge in [-0.25, -0.2) is 0 Å². The molecule has 1 aliphatic heterocycles. The number of methoxy groups -OCH3 is 1. The van der Waals surface area contributed by atoms with E-state index in [0.717, 1.165) is 15.6 Å². The molecule has 0 bridgehead atoms. The first kappa shape index (κ1) is 20.4. The molecule has 3 rings (SSSR count). The molecular formula is C21H21BrN2O3S. The zero-order valence-corrected chi connectivity index (χ0v) is 18.6. The monoisotopic (exact) mass is 460 g/mol. The number of hydrogen-bond donors (Lipinski definition) is 0. The number of benzene rings is 2. The van der Waals surface area contributed by atoms with E-state index in [-0.39, 0.29) is 5.91 Å². The van der Waals surface area contributed by atoms with Crippen LogP contribution in [0.25, 0.3) is 6.08 Å². The number of carbonyl (C=O) groups is 1. The molecule has 0 unspecified atom stereocenters. The summed E-state index contributed by atoms with van der Waals surface area (Å²) in [5, 5.41) is 0.470. The Morgan fingerprint density at radius 2 is 1.79 bits per heavy atom. The molecule has 2 aromatic carbocycles. The predicted octanol–water partition coefficient (Wildman–Crippen LogP) is 4.37. The largest absolute Gasteiger partial charge is 0.493 e. The molecule has 1 saturated heterocycles. The molecule has 1 heterocycles. The Balaban J connectivity index is 1.87. The van der Waals surface area contributed by atoms with Gasteiger partial charge in [0.2, 0.25) is 0 Å². The van der Waals surface area contributed by atoms with Gasteiger partial charge in [0.25, 0.3) is 5.91 Å². The van der Waals surface area contributed by atoms with E-state index in [2.05, 4.69) is 35.0 Å². The minimum atomic E-state index is -0.141. The second-order valence-corrected chi connectivity index (χ2v) is 7.75. The van der Waals surface area contributed by atoms with E-state index in [1.165, 1.54) is 10.5 Å². The number of carbonyl (C=O) groups excluding carboxylic acids is 1. The second-order valence-electron chi connectivity index (χ2n) is 6.53. The third-order valence-corrected chi connectivity index (χ3v) is 5.78. The van der Waals surface area contributed by atoms with E-state index in [1.54, 1.807) is 32.2 Å². The topological polar surface area (TPSA) is 42.0 Å². The molecule has 146 valence electrons. The molecule has 1 aliphatic rings. The molecule has 0 atom stereocenters. The summed E-state index contributed by atoms with van der Waals surface area (Å²) in [6, 6.07) is 11.9. The standard InChI is InChI=1S/C21H21BrN2O3S/c1-13-5-7-14(8-6-13)12-27-19-11-16(22)15(10-18(19)26-4)9-17-20(25)24(3)21(28)23(17)2/h5-11H,12H2,1-4H3/b17-9-. The van der Waals surface area contributed by atoms with Gasteiger partial charge in [0, 0.05) is 18.6 Å². The summed E-state index contributed by atoms with van der Waals surface area (Å²) in [4.78, 5) is 15.5. The molecule has 0 spiro atoms. The number of hydrogen-bond acceptors (Lipinski definition) is 4. The maximum atomic E-state index is 12.4. The molecule has 1 fully saturated rings. The van der Waals surface area contributed by atoms with Crippen LogP contribution in [0.5, 0.6) is 11.5 Å². The van der Waals surface area contributed by atoms with E-state index in [1.807, 2.05) is 24.3 Å². The maximum absolute atomic E-state index is 12.4. The lowest BCUT2D eigenvalue weighted by molar-refractivity contribution is -0.121. The van der Waals surface area contributed by atoms with Crippen LogP contribution in [0.2, 0.25) is 0 Å². The van der Waals surface area contributed by atoms with Crippen molar-refractivity contribution < 1.29 is 14.3 Å². The summed E-state index contributed by atoms with van der Waals surface area (Å²) in [7, 11) is 5.04. The third-order valence-electron chi connectivity index (χ3n) is 4.55. The van der Waals surface area contributed by atoms with Crippen molar-refractivity contribution in [2.75, 3.05) is 21.2 Å². The van der Waals surface area contributed by atoms with E-state index < -0.39 is 0 Å². The van der Waals surface area contributed by atoms with Gasteiger partial charge >= 0.3 is 0 Å². The minimum Gasteiger partial charge on any atom is -0.493 e.